The highest BCUT2D eigenvalue weighted by Crippen LogP contribution is 2.21. The lowest BCUT2D eigenvalue weighted by molar-refractivity contribution is -0.140. The van der Waals surface area contributed by atoms with Crippen molar-refractivity contribution in [3.05, 3.63) is 47.8 Å². The second-order valence-electron chi connectivity index (χ2n) is 4.19. The fourth-order valence-corrected chi connectivity index (χ4v) is 1.88. The first kappa shape index (κ1) is 14.0. The fraction of sp³-hybridized carbons (Fsp3) is 0.143. The van der Waals surface area contributed by atoms with E-state index in [2.05, 4.69) is 5.32 Å². The fourth-order valence-electron chi connectivity index (χ4n) is 1.88. The van der Waals surface area contributed by atoms with E-state index in [1.54, 1.807) is 18.2 Å². The second kappa shape index (κ2) is 5.66. The van der Waals surface area contributed by atoms with Gasteiger partial charge in [0.05, 0.1) is 6.61 Å². The molecular weight excluding hydrogens is 265 g/mol. The number of hydrogen-bond acceptors (Lipinski definition) is 3. The number of hydrogen-bond donors (Lipinski definition) is 3. The SMILES string of the molecule is O=C(N[C@@H](CO)C(=O)O)c1ccc(F)c2ccccc12. The second-order valence-corrected chi connectivity index (χ2v) is 4.19. The van der Waals surface area contributed by atoms with E-state index >= 15 is 0 Å². The monoisotopic (exact) mass is 277 g/mol. The number of carbonyl (C=O) groups is 2. The van der Waals surface area contributed by atoms with E-state index in [1.165, 1.54) is 12.1 Å². The normalized spacial score (nSPS) is 12.1. The van der Waals surface area contributed by atoms with Gasteiger partial charge in [-0.15, -0.1) is 0 Å². The Hall–Kier alpha value is -2.47. The van der Waals surface area contributed by atoms with Gasteiger partial charge < -0.3 is 15.5 Å². The van der Waals surface area contributed by atoms with Gasteiger partial charge in [0.2, 0.25) is 0 Å². The number of aliphatic hydroxyl groups is 1. The molecule has 20 heavy (non-hydrogen) atoms. The van der Waals surface area contributed by atoms with Crippen LogP contribution in [0.5, 0.6) is 0 Å². The minimum atomic E-state index is -1.40. The van der Waals surface area contributed by atoms with E-state index in [9.17, 15) is 14.0 Å². The Kier molecular flexibility index (Phi) is 3.95. The Morgan fingerprint density at radius 2 is 1.80 bits per heavy atom. The maximum absolute atomic E-state index is 13.6. The van der Waals surface area contributed by atoms with E-state index in [0.29, 0.717) is 5.39 Å². The third kappa shape index (κ3) is 2.60. The van der Waals surface area contributed by atoms with E-state index in [-0.39, 0.29) is 10.9 Å². The molecule has 1 atom stereocenters. The first-order valence-electron chi connectivity index (χ1n) is 5.86. The van der Waals surface area contributed by atoms with E-state index in [0.717, 1.165) is 6.07 Å². The highest BCUT2D eigenvalue weighted by Gasteiger charge is 2.21. The smallest absolute Gasteiger partial charge is 0.328 e. The van der Waals surface area contributed by atoms with E-state index in [1.807, 2.05) is 0 Å². The van der Waals surface area contributed by atoms with Gasteiger partial charge in [-0.05, 0) is 17.5 Å². The molecule has 2 rings (SSSR count). The molecule has 1 amide bonds. The molecule has 2 aromatic carbocycles. The molecule has 0 saturated carbocycles. The maximum atomic E-state index is 13.6. The molecule has 0 fully saturated rings. The van der Waals surface area contributed by atoms with Crippen LogP contribution < -0.4 is 5.32 Å². The molecule has 3 N–H and O–H groups in total. The topological polar surface area (TPSA) is 86.6 Å². The molecule has 0 radical (unpaired) electrons. The van der Waals surface area contributed by atoms with Crippen molar-refractivity contribution in [2.75, 3.05) is 6.61 Å². The summed E-state index contributed by atoms with van der Waals surface area (Å²) in [7, 11) is 0. The molecule has 104 valence electrons. The number of halogens is 1. The van der Waals surface area contributed by atoms with Gasteiger partial charge in [0.25, 0.3) is 5.91 Å². The Labute approximate surface area is 113 Å². The van der Waals surface area contributed by atoms with Crippen molar-refractivity contribution in [1.29, 1.82) is 0 Å². The summed E-state index contributed by atoms with van der Waals surface area (Å²) >= 11 is 0. The van der Waals surface area contributed by atoms with E-state index in [4.69, 9.17) is 10.2 Å². The molecule has 5 nitrogen and oxygen atoms in total. The highest BCUT2D eigenvalue weighted by molar-refractivity contribution is 6.08. The highest BCUT2D eigenvalue weighted by atomic mass is 19.1. The molecule has 2 aromatic rings. The zero-order valence-electron chi connectivity index (χ0n) is 10.3. The predicted molar refractivity (Wildman–Crippen MR) is 69.9 cm³/mol. The van der Waals surface area contributed by atoms with Gasteiger partial charge >= 0.3 is 5.97 Å². The summed E-state index contributed by atoms with van der Waals surface area (Å²) in [5.74, 6) is -2.48. The van der Waals surface area contributed by atoms with Crippen LogP contribution in [0, 0.1) is 5.82 Å². The number of amides is 1. The molecule has 0 aliphatic carbocycles. The lowest BCUT2D eigenvalue weighted by Crippen LogP contribution is -2.43. The molecule has 0 spiro atoms. The summed E-state index contributed by atoms with van der Waals surface area (Å²) in [5, 5.41) is 20.5. The van der Waals surface area contributed by atoms with Crippen LogP contribution in [0.3, 0.4) is 0 Å². The van der Waals surface area contributed by atoms with Crippen LogP contribution in [0.2, 0.25) is 0 Å². The Bertz CT molecular complexity index is 671. The lowest BCUT2D eigenvalue weighted by atomic mass is 10.0. The summed E-state index contributed by atoms with van der Waals surface area (Å²) in [6.07, 6.45) is 0. The minimum Gasteiger partial charge on any atom is -0.480 e. The van der Waals surface area contributed by atoms with E-state index < -0.39 is 30.3 Å². The third-order valence-electron chi connectivity index (χ3n) is 2.90. The minimum absolute atomic E-state index is 0.154. The third-order valence-corrected chi connectivity index (χ3v) is 2.90. The summed E-state index contributed by atoms with van der Waals surface area (Å²) in [5.41, 5.74) is 0.154. The average Bonchev–Trinajstić information content (AvgIpc) is 2.45. The number of fused-ring (bicyclic) bond motifs is 1. The van der Waals surface area contributed by atoms with Crippen LogP contribution >= 0.6 is 0 Å². The molecule has 0 unspecified atom stereocenters. The number of aliphatic carboxylic acids is 1. The Balaban J connectivity index is 2.40. The van der Waals surface area contributed by atoms with Crippen molar-refractivity contribution >= 4 is 22.6 Å². The quantitative estimate of drug-likeness (QED) is 0.782. The van der Waals surface area contributed by atoms with Crippen molar-refractivity contribution in [2.45, 2.75) is 6.04 Å². The van der Waals surface area contributed by atoms with Crippen LogP contribution in [-0.2, 0) is 4.79 Å². The largest absolute Gasteiger partial charge is 0.480 e. The molecule has 0 bridgehead atoms. The number of carboxylic acids is 1. The van der Waals surface area contributed by atoms with Gasteiger partial charge in [-0.2, -0.15) is 0 Å². The molecule has 0 aliphatic heterocycles. The van der Waals surface area contributed by atoms with Gasteiger partial charge in [-0.25, -0.2) is 9.18 Å². The molecule has 0 aromatic heterocycles. The standard InChI is InChI=1S/C14H12FNO4/c15-11-6-5-10(8-3-1-2-4-9(8)11)13(18)16-12(7-17)14(19)20/h1-6,12,17H,7H2,(H,16,18)(H,19,20)/t12-/m0/s1. The number of carbonyl (C=O) groups excluding carboxylic acids is 1. The number of carboxylic acid groups (broad SMARTS) is 1. The summed E-state index contributed by atoms with van der Waals surface area (Å²) in [6.45, 7) is -0.722. The number of rotatable bonds is 4. The lowest BCUT2D eigenvalue weighted by Gasteiger charge is -2.13. The average molecular weight is 277 g/mol. The molecular formula is C14H12FNO4. The molecule has 0 heterocycles. The zero-order chi connectivity index (χ0) is 14.7. The van der Waals surface area contributed by atoms with Gasteiger partial charge in [0.1, 0.15) is 5.82 Å². The van der Waals surface area contributed by atoms with Crippen LogP contribution in [0.1, 0.15) is 10.4 Å². The summed E-state index contributed by atoms with van der Waals surface area (Å²) < 4.78 is 13.6. The molecule has 0 saturated heterocycles. The zero-order valence-corrected chi connectivity index (χ0v) is 10.3. The van der Waals surface area contributed by atoms with Crippen LogP contribution in [0.15, 0.2) is 36.4 Å². The van der Waals surface area contributed by atoms with Crippen LogP contribution in [0.4, 0.5) is 4.39 Å². The molecule has 6 heteroatoms. The van der Waals surface area contributed by atoms with Crippen LogP contribution in [-0.4, -0.2) is 34.7 Å². The predicted octanol–water partition coefficient (Wildman–Crippen LogP) is 1.15. The van der Waals surface area contributed by atoms with Gasteiger partial charge in [-0.1, -0.05) is 24.3 Å². The van der Waals surface area contributed by atoms with Gasteiger partial charge in [-0.3, -0.25) is 4.79 Å². The van der Waals surface area contributed by atoms with Crippen molar-refractivity contribution in [2.24, 2.45) is 0 Å². The Morgan fingerprint density at radius 1 is 1.15 bits per heavy atom. The van der Waals surface area contributed by atoms with Crippen molar-refractivity contribution < 1.29 is 24.2 Å². The first-order valence-corrected chi connectivity index (χ1v) is 5.86. The number of aliphatic hydroxyl groups excluding tert-OH is 1. The van der Waals surface area contributed by atoms with Gasteiger partial charge in [0.15, 0.2) is 6.04 Å². The maximum Gasteiger partial charge on any atom is 0.328 e. The van der Waals surface area contributed by atoms with Crippen molar-refractivity contribution in [3.63, 3.8) is 0 Å². The molecule has 0 aliphatic rings. The summed E-state index contributed by atoms with van der Waals surface area (Å²) in [4.78, 5) is 22.8. The van der Waals surface area contributed by atoms with Crippen molar-refractivity contribution in [1.82, 2.24) is 5.32 Å². The van der Waals surface area contributed by atoms with Gasteiger partial charge in [0, 0.05) is 10.9 Å². The van der Waals surface area contributed by atoms with Crippen molar-refractivity contribution in [3.8, 4) is 0 Å². The Morgan fingerprint density at radius 3 is 2.40 bits per heavy atom. The number of nitrogens with one attached hydrogen (secondary N) is 1. The first-order chi connectivity index (χ1) is 9.54. The number of benzene rings is 2. The summed E-state index contributed by atoms with van der Waals surface area (Å²) in [6, 6.07) is 7.42. The van der Waals surface area contributed by atoms with Crippen LogP contribution in [0.25, 0.3) is 10.8 Å².